The molecule has 0 radical (unpaired) electrons. The fraction of sp³-hybridized carbons (Fsp3) is 0. The second-order valence-electron chi connectivity index (χ2n) is 2.99. The topological polar surface area (TPSA) is 62.0 Å². The van der Waals surface area contributed by atoms with Gasteiger partial charge in [-0.05, 0) is 18.2 Å². The SMILES string of the molecule is O=CNc1ccc2c(F)c[nH]c(=O)c2c1. The number of aromatic amines is 1. The standard InChI is InChI=1S/C10H7FN2O2/c11-9-4-12-10(15)8-3-6(13-5-14)1-2-7(8)9/h1-5H,(H,12,15)(H,13,14). The van der Waals surface area contributed by atoms with Gasteiger partial charge >= 0.3 is 0 Å². The molecule has 0 aliphatic heterocycles. The maximum absolute atomic E-state index is 13.2. The van der Waals surface area contributed by atoms with Gasteiger partial charge in [0.2, 0.25) is 6.41 Å². The number of carbonyl (C=O) groups excluding carboxylic acids is 1. The largest absolute Gasteiger partial charge is 0.329 e. The lowest BCUT2D eigenvalue weighted by molar-refractivity contribution is -0.105. The zero-order chi connectivity index (χ0) is 10.8. The molecule has 0 atom stereocenters. The van der Waals surface area contributed by atoms with Crippen LogP contribution in [0.25, 0.3) is 10.8 Å². The highest BCUT2D eigenvalue weighted by atomic mass is 19.1. The number of benzene rings is 1. The molecule has 5 heteroatoms. The molecule has 1 heterocycles. The molecule has 76 valence electrons. The van der Waals surface area contributed by atoms with Gasteiger partial charge in [-0.1, -0.05) is 0 Å². The number of amides is 1. The zero-order valence-corrected chi connectivity index (χ0v) is 7.58. The van der Waals surface area contributed by atoms with Crippen LogP contribution in [0.15, 0.2) is 29.2 Å². The Morgan fingerprint density at radius 3 is 2.87 bits per heavy atom. The summed E-state index contributed by atoms with van der Waals surface area (Å²) in [5.41, 5.74) is 0.0644. The van der Waals surface area contributed by atoms with Gasteiger partial charge in [-0.25, -0.2) is 4.39 Å². The number of aromatic nitrogens is 1. The highest BCUT2D eigenvalue weighted by molar-refractivity contribution is 5.87. The Morgan fingerprint density at radius 2 is 2.13 bits per heavy atom. The molecule has 0 bridgehead atoms. The maximum atomic E-state index is 13.2. The van der Waals surface area contributed by atoms with E-state index in [1.54, 1.807) is 0 Å². The van der Waals surface area contributed by atoms with Crippen LogP contribution < -0.4 is 10.9 Å². The number of H-pyrrole nitrogens is 1. The average molecular weight is 206 g/mol. The predicted octanol–water partition coefficient (Wildman–Crippen LogP) is 1.24. The van der Waals surface area contributed by atoms with Crippen molar-refractivity contribution in [1.82, 2.24) is 4.98 Å². The summed E-state index contributed by atoms with van der Waals surface area (Å²) in [6.07, 6.45) is 1.51. The summed E-state index contributed by atoms with van der Waals surface area (Å²) in [5.74, 6) is -0.498. The van der Waals surface area contributed by atoms with E-state index < -0.39 is 5.82 Å². The van der Waals surface area contributed by atoms with E-state index in [4.69, 9.17) is 0 Å². The van der Waals surface area contributed by atoms with E-state index in [0.717, 1.165) is 6.20 Å². The first-order valence-corrected chi connectivity index (χ1v) is 4.23. The lowest BCUT2D eigenvalue weighted by atomic mass is 10.1. The lowest BCUT2D eigenvalue weighted by Gasteiger charge is -2.01. The van der Waals surface area contributed by atoms with Gasteiger partial charge in [0.05, 0.1) is 5.39 Å². The molecule has 4 nitrogen and oxygen atoms in total. The van der Waals surface area contributed by atoms with Gasteiger partial charge in [0.15, 0.2) is 0 Å². The lowest BCUT2D eigenvalue weighted by Crippen LogP contribution is -2.07. The van der Waals surface area contributed by atoms with Crippen LogP contribution in [0.5, 0.6) is 0 Å². The van der Waals surface area contributed by atoms with Crippen molar-refractivity contribution in [2.24, 2.45) is 0 Å². The third kappa shape index (κ3) is 1.59. The number of nitrogens with one attached hydrogen (secondary N) is 2. The predicted molar refractivity (Wildman–Crippen MR) is 54.2 cm³/mol. The summed E-state index contributed by atoms with van der Waals surface area (Å²) in [6, 6.07) is 4.40. The molecule has 0 aliphatic carbocycles. The second-order valence-corrected chi connectivity index (χ2v) is 2.99. The quantitative estimate of drug-likeness (QED) is 0.726. The zero-order valence-electron chi connectivity index (χ0n) is 7.58. The van der Waals surface area contributed by atoms with Crippen LogP contribution >= 0.6 is 0 Å². The molecular formula is C10H7FN2O2. The number of hydrogen-bond acceptors (Lipinski definition) is 2. The van der Waals surface area contributed by atoms with Gasteiger partial charge in [0.1, 0.15) is 5.82 Å². The Kier molecular flexibility index (Phi) is 2.21. The molecular weight excluding hydrogens is 199 g/mol. The van der Waals surface area contributed by atoms with Crippen molar-refractivity contribution in [2.75, 3.05) is 5.32 Å². The third-order valence-corrected chi connectivity index (χ3v) is 2.08. The molecule has 0 spiro atoms. The van der Waals surface area contributed by atoms with Crippen LogP contribution in [0, 0.1) is 5.82 Å². The number of fused-ring (bicyclic) bond motifs is 1. The van der Waals surface area contributed by atoms with E-state index in [-0.39, 0.29) is 16.3 Å². The minimum atomic E-state index is -0.498. The van der Waals surface area contributed by atoms with Crippen molar-refractivity contribution < 1.29 is 9.18 Å². The first-order valence-electron chi connectivity index (χ1n) is 4.23. The van der Waals surface area contributed by atoms with Crippen molar-refractivity contribution in [3.8, 4) is 0 Å². The second kappa shape index (κ2) is 3.53. The fourth-order valence-electron chi connectivity index (χ4n) is 1.38. The van der Waals surface area contributed by atoms with E-state index in [9.17, 15) is 14.0 Å². The minimum absolute atomic E-state index is 0.210. The molecule has 1 amide bonds. The van der Waals surface area contributed by atoms with Crippen molar-refractivity contribution in [3.63, 3.8) is 0 Å². The molecule has 0 aliphatic rings. The molecule has 2 N–H and O–H groups in total. The number of halogens is 1. The molecule has 1 aromatic carbocycles. The Balaban J connectivity index is 2.75. The monoisotopic (exact) mass is 206 g/mol. The molecule has 0 saturated carbocycles. The van der Waals surface area contributed by atoms with Crippen LogP contribution in [0.4, 0.5) is 10.1 Å². The first-order chi connectivity index (χ1) is 7.22. The van der Waals surface area contributed by atoms with E-state index in [1.807, 2.05) is 0 Å². The number of pyridine rings is 1. The summed E-state index contributed by atoms with van der Waals surface area (Å²) in [7, 11) is 0. The first kappa shape index (κ1) is 9.39. The summed E-state index contributed by atoms with van der Waals surface area (Å²) in [4.78, 5) is 23.8. The van der Waals surface area contributed by atoms with Crippen molar-refractivity contribution in [2.45, 2.75) is 0 Å². The Hall–Kier alpha value is -2.17. The number of carbonyl (C=O) groups is 1. The number of rotatable bonds is 2. The average Bonchev–Trinajstić information content (AvgIpc) is 2.24. The fourth-order valence-corrected chi connectivity index (χ4v) is 1.38. The normalized spacial score (nSPS) is 10.2. The van der Waals surface area contributed by atoms with Crippen molar-refractivity contribution in [1.29, 1.82) is 0 Å². The van der Waals surface area contributed by atoms with Crippen molar-refractivity contribution in [3.05, 3.63) is 40.6 Å². The van der Waals surface area contributed by atoms with Crippen LogP contribution in [-0.2, 0) is 4.79 Å². The van der Waals surface area contributed by atoms with Gasteiger partial charge in [-0.2, -0.15) is 0 Å². The van der Waals surface area contributed by atoms with Gasteiger partial charge < -0.3 is 10.3 Å². The highest BCUT2D eigenvalue weighted by Crippen LogP contribution is 2.17. The summed E-state index contributed by atoms with van der Waals surface area (Å²) in [5, 5.41) is 2.83. The highest BCUT2D eigenvalue weighted by Gasteiger charge is 2.04. The van der Waals surface area contributed by atoms with Crippen LogP contribution in [0.1, 0.15) is 0 Å². The molecule has 0 unspecified atom stereocenters. The third-order valence-electron chi connectivity index (χ3n) is 2.08. The maximum Gasteiger partial charge on any atom is 0.256 e. The van der Waals surface area contributed by atoms with Crippen molar-refractivity contribution >= 4 is 22.9 Å². The Morgan fingerprint density at radius 1 is 1.33 bits per heavy atom. The van der Waals surface area contributed by atoms with Crippen LogP contribution in [-0.4, -0.2) is 11.4 Å². The van der Waals surface area contributed by atoms with E-state index >= 15 is 0 Å². The van der Waals surface area contributed by atoms with Gasteiger partial charge in [0.25, 0.3) is 5.56 Å². The van der Waals surface area contributed by atoms with Gasteiger partial charge in [-0.3, -0.25) is 9.59 Å². The number of anilines is 1. The van der Waals surface area contributed by atoms with Crippen LogP contribution in [0.2, 0.25) is 0 Å². The smallest absolute Gasteiger partial charge is 0.256 e. The van der Waals surface area contributed by atoms with E-state index in [0.29, 0.717) is 12.1 Å². The van der Waals surface area contributed by atoms with Crippen LogP contribution in [0.3, 0.4) is 0 Å². The van der Waals surface area contributed by atoms with Gasteiger partial charge in [0, 0.05) is 17.3 Å². The molecule has 15 heavy (non-hydrogen) atoms. The molecule has 0 fully saturated rings. The Bertz CT molecular complexity index is 577. The molecule has 2 rings (SSSR count). The van der Waals surface area contributed by atoms with E-state index in [1.165, 1.54) is 18.2 Å². The summed E-state index contributed by atoms with van der Waals surface area (Å²) >= 11 is 0. The minimum Gasteiger partial charge on any atom is -0.329 e. The molecule has 2 aromatic rings. The molecule has 0 saturated heterocycles. The Labute approximate surface area is 83.7 Å². The number of hydrogen-bond donors (Lipinski definition) is 2. The summed E-state index contributed by atoms with van der Waals surface area (Å²) in [6.45, 7) is 0. The van der Waals surface area contributed by atoms with Gasteiger partial charge in [-0.15, -0.1) is 0 Å². The summed E-state index contributed by atoms with van der Waals surface area (Å²) < 4.78 is 13.2. The van der Waals surface area contributed by atoms with E-state index in [2.05, 4.69) is 10.3 Å². The molecule has 1 aromatic heterocycles.